The van der Waals surface area contributed by atoms with E-state index in [9.17, 15) is 4.79 Å². The number of hydrogen-bond donors (Lipinski definition) is 2. The summed E-state index contributed by atoms with van der Waals surface area (Å²) in [7, 11) is 2.15. The highest BCUT2D eigenvalue weighted by Crippen LogP contribution is 2.29. The largest absolute Gasteiger partial charge is 0.338 e. The Morgan fingerprint density at radius 1 is 1.09 bits per heavy atom. The molecule has 0 radical (unpaired) electrons. The molecule has 0 bridgehead atoms. The van der Waals surface area contributed by atoms with Crippen LogP contribution in [-0.2, 0) is 4.79 Å². The van der Waals surface area contributed by atoms with Crippen molar-refractivity contribution in [3.05, 3.63) is 49.1 Å². The van der Waals surface area contributed by atoms with Crippen LogP contribution in [0.2, 0.25) is 0 Å². The third-order valence-corrected chi connectivity index (χ3v) is 6.04. The molecule has 5 heterocycles. The summed E-state index contributed by atoms with van der Waals surface area (Å²) in [5.41, 5.74) is 4.20. The third-order valence-electron chi connectivity index (χ3n) is 6.04. The van der Waals surface area contributed by atoms with Crippen LogP contribution in [0.25, 0.3) is 33.2 Å². The standard InChI is InChI=1S/C24H27N7O/c1-30-7-3-8-31(11-10-30)9-5-23(32)28-18-12-20-19-13-21(17-4-2-6-25-14-17)26-16-22(19)29-24(20)27-15-18/h2,4,6,12-16H,3,5,7-11H2,1H3,(H,27,29)(H,28,32). The van der Waals surface area contributed by atoms with Crippen molar-refractivity contribution in [1.82, 2.24) is 29.7 Å². The maximum Gasteiger partial charge on any atom is 0.225 e. The van der Waals surface area contributed by atoms with Gasteiger partial charge in [-0.2, -0.15) is 0 Å². The fourth-order valence-corrected chi connectivity index (χ4v) is 4.22. The third kappa shape index (κ3) is 4.46. The number of rotatable bonds is 5. The second-order valence-electron chi connectivity index (χ2n) is 8.40. The van der Waals surface area contributed by atoms with Crippen LogP contribution in [0, 0.1) is 0 Å². The molecular weight excluding hydrogens is 402 g/mol. The zero-order chi connectivity index (χ0) is 21.9. The number of pyridine rings is 3. The lowest BCUT2D eigenvalue weighted by Crippen LogP contribution is -2.31. The number of aromatic nitrogens is 4. The first-order valence-electron chi connectivity index (χ1n) is 11.0. The molecule has 164 valence electrons. The lowest BCUT2D eigenvalue weighted by atomic mass is 10.1. The Bertz CT molecular complexity index is 1240. The Morgan fingerprint density at radius 3 is 2.91 bits per heavy atom. The number of anilines is 1. The Labute approximate surface area is 186 Å². The highest BCUT2D eigenvalue weighted by molar-refractivity contribution is 6.08. The number of nitrogens with one attached hydrogen (secondary N) is 2. The van der Waals surface area contributed by atoms with Crippen LogP contribution < -0.4 is 5.32 Å². The molecule has 0 aromatic carbocycles. The van der Waals surface area contributed by atoms with Crippen LogP contribution in [-0.4, -0.2) is 75.4 Å². The maximum absolute atomic E-state index is 12.6. The van der Waals surface area contributed by atoms with E-state index in [0.717, 1.165) is 72.3 Å². The molecule has 4 aromatic rings. The first-order valence-corrected chi connectivity index (χ1v) is 11.0. The van der Waals surface area contributed by atoms with Crippen molar-refractivity contribution in [3.8, 4) is 11.3 Å². The first kappa shape index (κ1) is 20.5. The van der Waals surface area contributed by atoms with Gasteiger partial charge in [0.05, 0.1) is 29.3 Å². The molecule has 1 aliphatic rings. The van der Waals surface area contributed by atoms with E-state index in [0.29, 0.717) is 12.1 Å². The van der Waals surface area contributed by atoms with Crippen molar-refractivity contribution in [2.24, 2.45) is 0 Å². The molecule has 0 atom stereocenters. The Morgan fingerprint density at radius 2 is 2.03 bits per heavy atom. The Hall–Kier alpha value is -3.36. The van der Waals surface area contributed by atoms with Crippen LogP contribution in [0.3, 0.4) is 0 Å². The molecule has 1 amide bonds. The van der Waals surface area contributed by atoms with Gasteiger partial charge in [-0.05, 0) is 50.8 Å². The number of carbonyl (C=O) groups excluding carboxylic acids is 1. The molecule has 4 aromatic heterocycles. The van der Waals surface area contributed by atoms with E-state index in [1.165, 1.54) is 0 Å². The molecule has 8 heteroatoms. The van der Waals surface area contributed by atoms with E-state index in [2.05, 4.69) is 42.1 Å². The van der Waals surface area contributed by atoms with Gasteiger partial charge in [-0.3, -0.25) is 14.8 Å². The quantitative estimate of drug-likeness (QED) is 0.507. The number of H-pyrrole nitrogens is 1. The van der Waals surface area contributed by atoms with Gasteiger partial charge in [-0.15, -0.1) is 0 Å². The topological polar surface area (TPSA) is 90.0 Å². The fraction of sp³-hybridized carbons (Fsp3) is 0.333. The molecular formula is C24H27N7O. The Balaban J connectivity index is 1.32. The van der Waals surface area contributed by atoms with Gasteiger partial charge in [0.1, 0.15) is 5.65 Å². The zero-order valence-corrected chi connectivity index (χ0v) is 18.2. The summed E-state index contributed by atoms with van der Waals surface area (Å²) in [4.78, 5) is 33.9. The van der Waals surface area contributed by atoms with Crippen molar-refractivity contribution in [2.75, 3.05) is 45.1 Å². The zero-order valence-electron chi connectivity index (χ0n) is 18.2. The van der Waals surface area contributed by atoms with Crippen molar-refractivity contribution < 1.29 is 4.79 Å². The lowest BCUT2D eigenvalue weighted by molar-refractivity contribution is -0.116. The molecule has 0 aliphatic carbocycles. The molecule has 5 rings (SSSR count). The molecule has 1 fully saturated rings. The van der Waals surface area contributed by atoms with Crippen molar-refractivity contribution >= 4 is 33.5 Å². The summed E-state index contributed by atoms with van der Waals surface area (Å²) in [5, 5.41) is 5.00. The minimum absolute atomic E-state index is 0.0151. The second-order valence-corrected chi connectivity index (χ2v) is 8.40. The number of carbonyl (C=O) groups is 1. The summed E-state index contributed by atoms with van der Waals surface area (Å²) in [6.07, 6.45) is 8.69. The molecule has 2 N–H and O–H groups in total. The highest BCUT2D eigenvalue weighted by atomic mass is 16.1. The summed E-state index contributed by atoms with van der Waals surface area (Å²) in [6.45, 7) is 5.02. The van der Waals surface area contributed by atoms with Crippen LogP contribution in [0.4, 0.5) is 5.69 Å². The van der Waals surface area contributed by atoms with Gasteiger partial charge in [0.25, 0.3) is 0 Å². The smallest absolute Gasteiger partial charge is 0.225 e. The first-order chi connectivity index (χ1) is 15.7. The molecule has 0 unspecified atom stereocenters. The number of fused-ring (bicyclic) bond motifs is 3. The summed E-state index contributed by atoms with van der Waals surface area (Å²) >= 11 is 0. The van der Waals surface area contributed by atoms with Crippen LogP contribution in [0.15, 0.2) is 49.1 Å². The van der Waals surface area contributed by atoms with Gasteiger partial charge in [0, 0.05) is 54.8 Å². The number of amides is 1. The van der Waals surface area contributed by atoms with E-state index >= 15 is 0 Å². The second kappa shape index (κ2) is 9.02. The van der Waals surface area contributed by atoms with Gasteiger partial charge in [-0.25, -0.2) is 4.98 Å². The lowest BCUT2D eigenvalue weighted by Gasteiger charge is -2.19. The van der Waals surface area contributed by atoms with E-state index in [-0.39, 0.29) is 5.91 Å². The minimum atomic E-state index is 0.0151. The predicted molar refractivity (Wildman–Crippen MR) is 126 cm³/mol. The predicted octanol–water partition coefficient (Wildman–Crippen LogP) is 3.14. The molecule has 8 nitrogen and oxygen atoms in total. The molecule has 0 spiro atoms. The summed E-state index contributed by atoms with van der Waals surface area (Å²) < 4.78 is 0. The molecule has 1 aliphatic heterocycles. The molecule has 1 saturated heterocycles. The molecule has 32 heavy (non-hydrogen) atoms. The fourth-order valence-electron chi connectivity index (χ4n) is 4.22. The normalized spacial score (nSPS) is 15.8. The monoisotopic (exact) mass is 429 g/mol. The minimum Gasteiger partial charge on any atom is -0.338 e. The van der Waals surface area contributed by atoms with Crippen LogP contribution in [0.1, 0.15) is 12.8 Å². The van der Waals surface area contributed by atoms with Crippen molar-refractivity contribution in [3.63, 3.8) is 0 Å². The van der Waals surface area contributed by atoms with Gasteiger partial charge in [0.2, 0.25) is 5.91 Å². The summed E-state index contributed by atoms with van der Waals surface area (Å²) in [6, 6.07) is 7.90. The average molecular weight is 430 g/mol. The van der Waals surface area contributed by atoms with Gasteiger partial charge >= 0.3 is 0 Å². The van der Waals surface area contributed by atoms with Crippen LogP contribution >= 0.6 is 0 Å². The van der Waals surface area contributed by atoms with E-state index in [4.69, 9.17) is 0 Å². The summed E-state index contributed by atoms with van der Waals surface area (Å²) in [5.74, 6) is 0.0151. The number of likely N-dealkylation sites (N-methyl/N-ethyl adjacent to an activating group) is 1. The van der Waals surface area contributed by atoms with Crippen molar-refractivity contribution in [1.29, 1.82) is 0 Å². The number of hydrogen-bond acceptors (Lipinski definition) is 6. The van der Waals surface area contributed by atoms with Crippen LogP contribution in [0.5, 0.6) is 0 Å². The van der Waals surface area contributed by atoms with Crippen molar-refractivity contribution in [2.45, 2.75) is 12.8 Å². The maximum atomic E-state index is 12.6. The molecule has 0 saturated carbocycles. The van der Waals surface area contributed by atoms with Gasteiger partial charge < -0.3 is 20.1 Å². The SMILES string of the molecule is CN1CCCN(CCC(=O)Nc2cnc3[nH]c4cnc(-c5cccnc5)cc4c3c2)CC1. The van der Waals surface area contributed by atoms with E-state index in [1.807, 2.05) is 30.5 Å². The highest BCUT2D eigenvalue weighted by Gasteiger charge is 2.14. The van der Waals surface area contributed by atoms with E-state index in [1.54, 1.807) is 18.6 Å². The number of nitrogens with zero attached hydrogens (tertiary/aromatic N) is 5. The number of aromatic amines is 1. The van der Waals surface area contributed by atoms with E-state index < -0.39 is 0 Å². The Kier molecular flexibility index (Phi) is 5.79. The van der Waals surface area contributed by atoms with Gasteiger partial charge in [-0.1, -0.05) is 0 Å². The van der Waals surface area contributed by atoms with Gasteiger partial charge in [0.15, 0.2) is 0 Å². The average Bonchev–Trinajstić information content (AvgIpc) is 3.04.